The van der Waals surface area contributed by atoms with E-state index in [9.17, 15) is 0 Å². The van der Waals surface area contributed by atoms with Gasteiger partial charge >= 0.3 is 0 Å². The molecule has 0 aliphatic rings. The molecule has 5 nitrogen and oxygen atoms in total. The van der Waals surface area contributed by atoms with Gasteiger partial charge in [0.2, 0.25) is 5.95 Å². The first-order valence-electron chi connectivity index (χ1n) is 6.41. The van der Waals surface area contributed by atoms with E-state index in [0.717, 1.165) is 12.0 Å². The van der Waals surface area contributed by atoms with E-state index in [2.05, 4.69) is 32.4 Å². The predicted octanol–water partition coefficient (Wildman–Crippen LogP) is 3.43. The Labute approximate surface area is 133 Å². The van der Waals surface area contributed by atoms with Crippen LogP contribution in [-0.4, -0.2) is 28.3 Å². The first kappa shape index (κ1) is 15.5. The highest BCUT2D eigenvalue weighted by atomic mass is 35.5. The molecule has 2 rings (SSSR count). The minimum atomic E-state index is 0.462. The molecule has 1 aromatic heterocycles. The minimum absolute atomic E-state index is 0.462. The lowest BCUT2D eigenvalue weighted by molar-refractivity contribution is 0.941. The largest absolute Gasteiger partial charge is 0.368 e. The van der Waals surface area contributed by atoms with Crippen molar-refractivity contribution >= 4 is 35.0 Å². The summed E-state index contributed by atoms with van der Waals surface area (Å²) in [5.41, 5.74) is 1.03. The maximum Gasteiger partial charge on any atom is 0.244 e. The third-order valence-corrected chi connectivity index (χ3v) is 3.27. The fourth-order valence-corrected chi connectivity index (χ4v) is 2.18. The maximum atomic E-state index is 6.12. The zero-order valence-electron chi connectivity index (χ0n) is 11.3. The van der Waals surface area contributed by atoms with Crippen LogP contribution in [0.2, 0.25) is 10.0 Å². The number of nitrogens with zero attached hydrogens (tertiary/aromatic N) is 3. The predicted molar refractivity (Wildman–Crippen MR) is 87.2 cm³/mol. The number of rotatable bonds is 7. The quantitative estimate of drug-likeness (QED) is 0.764. The first-order chi connectivity index (χ1) is 10.2. The van der Waals surface area contributed by atoms with Crippen molar-refractivity contribution in [2.45, 2.75) is 6.42 Å². The van der Waals surface area contributed by atoms with Crippen LogP contribution in [0.5, 0.6) is 0 Å². The Balaban J connectivity index is 1.89. The van der Waals surface area contributed by atoms with Crippen LogP contribution in [0, 0.1) is 0 Å². The van der Waals surface area contributed by atoms with Crippen LogP contribution in [0.25, 0.3) is 0 Å². The zero-order chi connectivity index (χ0) is 15.1. The molecule has 2 aromatic rings. The van der Waals surface area contributed by atoms with Crippen LogP contribution in [0.15, 0.2) is 37.1 Å². The lowest BCUT2D eigenvalue weighted by Gasteiger charge is -2.08. The van der Waals surface area contributed by atoms with Crippen molar-refractivity contribution in [3.05, 3.63) is 52.7 Å². The van der Waals surface area contributed by atoms with E-state index in [-0.39, 0.29) is 0 Å². The van der Waals surface area contributed by atoms with Gasteiger partial charge in [0.05, 0.1) is 6.20 Å². The second-order valence-corrected chi connectivity index (χ2v) is 5.09. The molecule has 1 heterocycles. The number of anilines is 2. The zero-order valence-corrected chi connectivity index (χ0v) is 12.8. The van der Waals surface area contributed by atoms with Gasteiger partial charge < -0.3 is 10.6 Å². The molecule has 0 radical (unpaired) electrons. The highest BCUT2D eigenvalue weighted by Crippen LogP contribution is 2.21. The second-order valence-electron chi connectivity index (χ2n) is 4.25. The fraction of sp³-hybridized carbons (Fsp3) is 0.214. The summed E-state index contributed by atoms with van der Waals surface area (Å²) in [5, 5.41) is 15.2. The van der Waals surface area contributed by atoms with Crippen molar-refractivity contribution in [1.82, 2.24) is 15.2 Å². The molecule has 7 heteroatoms. The van der Waals surface area contributed by atoms with Gasteiger partial charge in [0.25, 0.3) is 0 Å². The van der Waals surface area contributed by atoms with E-state index in [4.69, 9.17) is 23.2 Å². The van der Waals surface area contributed by atoms with Crippen LogP contribution in [0.1, 0.15) is 5.56 Å². The number of benzene rings is 1. The topological polar surface area (TPSA) is 62.7 Å². The van der Waals surface area contributed by atoms with Crippen LogP contribution < -0.4 is 10.6 Å². The van der Waals surface area contributed by atoms with Crippen molar-refractivity contribution in [2.75, 3.05) is 23.7 Å². The normalized spacial score (nSPS) is 10.2. The number of nitrogens with one attached hydrogen (secondary N) is 2. The minimum Gasteiger partial charge on any atom is -0.368 e. The van der Waals surface area contributed by atoms with E-state index >= 15 is 0 Å². The van der Waals surface area contributed by atoms with Crippen LogP contribution in [0.4, 0.5) is 11.8 Å². The highest BCUT2D eigenvalue weighted by Gasteiger charge is 2.03. The molecule has 0 unspecified atom stereocenters. The maximum absolute atomic E-state index is 6.12. The molecule has 21 heavy (non-hydrogen) atoms. The van der Waals surface area contributed by atoms with Gasteiger partial charge in [-0.3, -0.25) is 0 Å². The average molecular weight is 324 g/mol. The molecule has 0 atom stereocenters. The molecule has 0 aliphatic heterocycles. The van der Waals surface area contributed by atoms with Crippen LogP contribution in [-0.2, 0) is 6.42 Å². The summed E-state index contributed by atoms with van der Waals surface area (Å²) in [6.07, 6.45) is 4.06. The Bertz CT molecular complexity index is 618. The van der Waals surface area contributed by atoms with E-state index in [1.807, 2.05) is 12.1 Å². The first-order valence-corrected chi connectivity index (χ1v) is 7.17. The summed E-state index contributed by atoms with van der Waals surface area (Å²) in [4.78, 5) is 4.28. The second kappa shape index (κ2) is 7.81. The average Bonchev–Trinajstić information content (AvgIpc) is 2.48. The van der Waals surface area contributed by atoms with E-state index in [0.29, 0.717) is 34.9 Å². The highest BCUT2D eigenvalue weighted by molar-refractivity contribution is 6.35. The number of hydrogen-bond donors (Lipinski definition) is 2. The number of halogens is 2. The van der Waals surface area contributed by atoms with E-state index < -0.39 is 0 Å². The van der Waals surface area contributed by atoms with Gasteiger partial charge in [-0.25, -0.2) is 0 Å². The third-order valence-electron chi connectivity index (χ3n) is 2.68. The standard InChI is InChI=1S/C14H15Cl2N5/c1-2-6-18-14-20-13(9-19-21-14)17-7-5-10-3-4-11(15)8-12(10)16/h2-4,8-9H,1,5-7H2,(H2,17,18,20,21). The molecule has 110 valence electrons. The fourth-order valence-electron chi connectivity index (χ4n) is 1.68. The molecule has 0 amide bonds. The summed E-state index contributed by atoms with van der Waals surface area (Å²) in [6.45, 7) is 4.89. The Morgan fingerprint density at radius 3 is 2.86 bits per heavy atom. The van der Waals surface area contributed by atoms with Crippen molar-refractivity contribution in [1.29, 1.82) is 0 Å². The molecular formula is C14H15Cl2N5. The molecule has 0 saturated heterocycles. The van der Waals surface area contributed by atoms with Crippen molar-refractivity contribution < 1.29 is 0 Å². The summed E-state index contributed by atoms with van der Waals surface area (Å²) in [6, 6.07) is 5.48. The smallest absolute Gasteiger partial charge is 0.244 e. The number of hydrogen-bond acceptors (Lipinski definition) is 5. The molecule has 1 aromatic carbocycles. The van der Waals surface area contributed by atoms with Gasteiger partial charge in [0.1, 0.15) is 0 Å². The molecule has 0 fully saturated rings. The SMILES string of the molecule is C=CCNc1nncc(NCCc2ccc(Cl)cc2Cl)n1. The summed E-state index contributed by atoms with van der Waals surface area (Å²) in [7, 11) is 0. The third kappa shape index (κ3) is 4.88. The van der Waals surface area contributed by atoms with Crippen LogP contribution in [0.3, 0.4) is 0 Å². The van der Waals surface area contributed by atoms with Gasteiger partial charge in [-0.1, -0.05) is 35.3 Å². The van der Waals surface area contributed by atoms with Gasteiger partial charge in [-0.2, -0.15) is 10.1 Å². The lowest BCUT2D eigenvalue weighted by atomic mass is 10.1. The van der Waals surface area contributed by atoms with Crippen molar-refractivity contribution in [2.24, 2.45) is 0 Å². The van der Waals surface area contributed by atoms with Crippen molar-refractivity contribution in [3.8, 4) is 0 Å². The molecular weight excluding hydrogens is 309 g/mol. The van der Waals surface area contributed by atoms with Crippen LogP contribution >= 0.6 is 23.2 Å². The Morgan fingerprint density at radius 1 is 1.24 bits per heavy atom. The van der Waals surface area contributed by atoms with Gasteiger partial charge in [0, 0.05) is 23.1 Å². The molecule has 0 saturated carbocycles. The number of aromatic nitrogens is 3. The van der Waals surface area contributed by atoms with E-state index in [1.54, 1.807) is 18.3 Å². The molecule has 2 N–H and O–H groups in total. The van der Waals surface area contributed by atoms with E-state index in [1.165, 1.54) is 0 Å². The summed E-state index contributed by atoms with van der Waals surface area (Å²) < 4.78 is 0. The monoisotopic (exact) mass is 323 g/mol. The van der Waals surface area contributed by atoms with Gasteiger partial charge in [0.15, 0.2) is 5.82 Å². The lowest BCUT2D eigenvalue weighted by Crippen LogP contribution is -2.10. The van der Waals surface area contributed by atoms with Gasteiger partial charge in [-0.05, 0) is 24.1 Å². The summed E-state index contributed by atoms with van der Waals surface area (Å²) in [5.74, 6) is 1.12. The Morgan fingerprint density at radius 2 is 2.10 bits per heavy atom. The molecule has 0 aliphatic carbocycles. The summed E-state index contributed by atoms with van der Waals surface area (Å²) >= 11 is 12.0. The van der Waals surface area contributed by atoms with Crippen molar-refractivity contribution in [3.63, 3.8) is 0 Å². The molecule has 0 bridgehead atoms. The Hall–Kier alpha value is -1.85. The Kier molecular flexibility index (Phi) is 5.78. The molecule has 0 spiro atoms. The van der Waals surface area contributed by atoms with Gasteiger partial charge in [-0.15, -0.1) is 11.7 Å².